The molecule has 0 aliphatic carbocycles. The first-order valence-electron chi connectivity index (χ1n) is 4.92. The Labute approximate surface area is 93.7 Å². The number of hydrogen-bond acceptors (Lipinski definition) is 6. The average Bonchev–Trinajstić information content (AvgIpc) is 2.70. The van der Waals surface area contributed by atoms with Gasteiger partial charge in [-0.3, -0.25) is 0 Å². The molecule has 2 N–H and O–H groups in total. The average molecular weight is 231 g/mol. The molecule has 0 aliphatic heterocycles. The Bertz CT molecular complexity index is 276. The van der Waals surface area contributed by atoms with Crippen LogP contribution >= 0.6 is 11.8 Å². The van der Waals surface area contributed by atoms with E-state index in [-0.39, 0.29) is 6.10 Å². The highest BCUT2D eigenvalue weighted by Gasteiger charge is 2.12. The summed E-state index contributed by atoms with van der Waals surface area (Å²) in [6, 6.07) is 0. The fourth-order valence-electron chi connectivity index (χ4n) is 1.08. The van der Waals surface area contributed by atoms with Crippen molar-refractivity contribution in [1.29, 1.82) is 0 Å². The first kappa shape index (κ1) is 12.5. The molecule has 1 unspecified atom stereocenters. The molecular weight excluding hydrogens is 214 g/mol. The molecule has 0 radical (unpaired) electrons. The fraction of sp³-hybridized carbons (Fsp3) is 0.778. The second kappa shape index (κ2) is 6.81. The molecule has 0 aromatic carbocycles. The molecule has 0 amide bonds. The van der Waals surface area contributed by atoms with Crippen molar-refractivity contribution in [3.05, 3.63) is 11.7 Å². The largest absolute Gasteiger partial charge is 0.380 e. The van der Waals surface area contributed by atoms with E-state index in [0.29, 0.717) is 18.9 Å². The Morgan fingerprint density at radius 1 is 1.60 bits per heavy atom. The van der Waals surface area contributed by atoms with E-state index in [1.165, 1.54) is 0 Å². The van der Waals surface area contributed by atoms with Gasteiger partial charge in [0.15, 0.2) is 5.82 Å². The first-order chi connectivity index (χ1) is 7.30. The van der Waals surface area contributed by atoms with Crippen molar-refractivity contribution in [1.82, 2.24) is 10.1 Å². The van der Waals surface area contributed by atoms with Crippen molar-refractivity contribution in [2.45, 2.75) is 25.2 Å². The summed E-state index contributed by atoms with van der Waals surface area (Å²) in [5.74, 6) is 3.18. The molecule has 6 heteroatoms. The van der Waals surface area contributed by atoms with Crippen LogP contribution < -0.4 is 5.73 Å². The monoisotopic (exact) mass is 231 g/mol. The molecule has 86 valence electrons. The minimum atomic E-state index is -0.0443. The predicted molar refractivity (Wildman–Crippen MR) is 59.7 cm³/mol. The van der Waals surface area contributed by atoms with Gasteiger partial charge < -0.3 is 15.0 Å². The fourth-order valence-corrected chi connectivity index (χ4v) is 1.59. The summed E-state index contributed by atoms with van der Waals surface area (Å²) in [7, 11) is 1.63. The zero-order chi connectivity index (χ0) is 11.1. The van der Waals surface area contributed by atoms with Crippen LogP contribution in [0.3, 0.4) is 0 Å². The zero-order valence-electron chi connectivity index (χ0n) is 9.10. The van der Waals surface area contributed by atoms with Gasteiger partial charge >= 0.3 is 0 Å². The topological polar surface area (TPSA) is 74.2 Å². The van der Waals surface area contributed by atoms with Crippen molar-refractivity contribution < 1.29 is 9.26 Å². The lowest BCUT2D eigenvalue weighted by Gasteiger charge is -2.08. The molecule has 15 heavy (non-hydrogen) atoms. The highest BCUT2D eigenvalue weighted by atomic mass is 32.2. The van der Waals surface area contributed by atoms with E-state index >= 15 is 0 Å². The van der Waals surface area contributed by atoms with Gasteiger partial charge in [0.05, 0.1) is 18.3 Å². The van der Waals surface area contributed by atoms with Crippen LogP contribution in [0.2, 0.25) is 0 Å². The molecule has 5 nitrogen and oxygen atoms in total. The second-order valence-electron chi connectivity index (χ2n) is 3.04. The predicted octanol–water partition coefficient (Wildman–Crippen LogP) is 0.839. The maximum Gasteiger partial charge on any atom is 0.229 e. The summed E-state index contributed by atoms with van der Waals surface area (Å²) < 4.78 is 10.2. The number of hydrogen-bond donors (Lipinski definition) is 1. The van der Waals surface area contributed by atoms with E-state index in [1.54, 1.807) is 18.9 Å². The Morgan fingerprint density at radius 2 is 2.40 bits per heavy atom. The van der Waals surface area contributed by atoms with E-state index in [1.807, 2.05) is 0 Å². The van der Waals surface area contributed by atoms with Gasteiger partial charge in [-0.25, -0.2) is 0 Å². The van der Waals surface area contributed by atoms with Crippen molar-refractivity contribution in [2.24, 2.45) is 5.73 Å². The first-order valence-corrected chi connectivity index (χ1v) is 6.07. The number of ether oxygens (including phenoxy) is 1. The summed E-state index contributed by atoms with van der Waals surface area (Å²) in [6.07, 6.45) is 0.536. The molecule has 0 fully saturated rings. The van der Waals surface area contributed by atoms with Crippen molar-refractivity contribution in [3.63, 3.8) is 0 Å². The lowest BCUT2D eigenvalue weighted by atomic mass is 10.2. The highest BCUT2D eigenvalue weighted by molar-refractivity contribution is 7.98. The van der Waals surface area contributed by atoms with E-state index in [4.69, 9.17) is 15.0 Å². The lowest BCUT2D eigenvalue weighted by Crippen LogP contribution is -2.24. The molecule has 0 bridgehead atoms. The summed E-state index contributed by atoms with van der Waals surface area (Å²) in [4.78, 5) is 4.25. The van der Waals surface area contributed by atoms with Gasteiger partial charge in [0.25, 0.3) is 0 Å². The third-order valence-electron chi connectivity index (χ3n) is 1.94. The Kier molecular flexibility index (Phi) is 5.67. The number of nitrogens with two attached hydrogens (primary N) is 1. The van der Waals surface area contributed by atoms with Crippen LogP contribution in [-0.2, 0) is 16.9 Å². The van der Waals surface area contributed by atoms with Crippen LogP contribution in [0.1, 0.15) is 18.6 Å². The van der Waals surface area contributed by atoms with Crippen LogP contribution in [0.15, 0.2) is 4.52 Å². The molecule has 1 rings (SSSR count). The van der Waals surface area contributed by atoms with Crippen molar-refractivity contribution in [2.75, 3.05) is 19.4 Å². The summed E-state index contributed by atoms with van der Waals surface area (Å²) in [6.45, 7) is 2.55. The van der Waals surface area contributed by atoms with Crippen LogP contribution in [0.4, 0.5) is 0 Å². The maximum absolute atomic E-state index is 5.50. The van der Waals surface area contributed by atoms with E-state index in [9.17, 15) is 0 Å². The molecular formula is C9H17N3O2S. The standard InChI is InChI=1S/C9H17N3O2S/c1-3-15-6-8-11-9(14-12-8)4-7(5-10)13-2/h7H,3-6,10H2,1-2H3. The molecule has 1 atom stereocenters. The zero-order valence-corrected chi connectivity index (χ0v) is 9.92. The van der Waals surface area contributed by atoms with E-state index < -0.39 is 0 Å². The smallest absolute Gasteiger partial charge is 0.229 e. The van der Waals surface area contributed by atoms with Gasteiger partial charge in [0.1, 0.15) is 0 Å². The minimum Gasteiger partial charge on any atom is -0.380 e. The number of rotatable bonds is 7. The van der Waals surface area contributed by atoms with Gasteiger partial charge in [-0.1, -0.05) is 12.1 Å². The molecule has 1 aromatic heterocycles. The summed E-state index contributed by atoms with van der Waals surface area (Å²) in [5, 5.41) is 3.87. The van der Waals surface area contributed by atoms with E-state index in [2.05, 4.69) is 17.1 Å². The maximum atomic E-state index is 5.50. The van der Waals surface area contributed by atoms with Crippen molar-refractivity contribution in [3.8, 4) is 0 Å². The Morgan fingerprint density at radius 3 is 3.00 bits per heavy atom. The van der Waals surface area contributed by atoms with Crippen LogP contribution in [0.5, 0.6) is 0 Å². The Hall–Kier alpha value is -0.590. The number of aromatic nitrogens is 2. The number of nitrogens with zero attached hydrogens (tertiary/aromatic N) is 2. The summed E-state index contributed by atoms with van der Waals surface area (Å²) in [5.41, 5.74) is 5.50. The van der Waals surface area contributed by atoms with Gasteiger partial charge in [-0.2, -0.15) is 16.7 Å². The lowest BCUT2D eigenvalue weighted by molar-refractivity contribution is 0.102. The number of thioether (sulfide) groups is 1. The van der Waals surface area contributed by atoms with Crippen molar-refractivity contribution >= 4 is 11.8 Å². The molecule has 1 aromatic rings. The van der Waals surface area contributed by atoms with Gasteiger partial charge in [-0.05, 0) is 5.75 Å². The Balaban J connectivity index is 2.44. The molecule has 0 saturated carbocycles. The molecule has 0 saturated heterocycles. The van der Waals surface area contributed by atoms with Gasteiger partial charge in [0, 0.05) is 13.7 Å². The minimum absolute atomic E-state index is 0.0443. The van der Waals surface area contributed by atoms with Gasteiger partial charge in [0.2, 0.25) is 5.89 Å². The quantitative estimate of drug-likeness (QED) is 0.749. The third kappa shape index (κ3) is 4.19. The van der Waals surface area contributed by atoms with Gasteiger partial charge in [-0.15, -0.1) is 0 Å². The van der Waals surface area contributed by atoms with Crippen LogP contribution in [0.25, 0.3) is 0 Å². The highest BCUT2D eigenvalue weighted by Crippen LogP contribution is 2.09. The normalized spacial score (nSPS) is 13.0. The molecule has 0 spiro atoms. The van der Waals surface area contributed by atoms with Crippen LogP contribution in [-0.4, -0.2) is 35.7 Å². The third-order valence-corrected chi connectivity index (χ3v) is 2.81. The SMILES string of the molecule is CCSCc1noc(CC(CN)OC)n1. The van der Waals surface area contributed by atoms with Crippen LogP contribution in [0, 0.1) is 0 Å². The number of methoxy groups -OCH3 is 1. The molecule has 1 heterocycles. The van der Waals surface area contributed by atoms with E-state index in [0.717, 1.165) is 17.3 Å². The second-order valence-corrected chi connectivity index (χ2v) is 4.31. The molecule has 0 aliphatic rings. The summed E-state index contributed by atoms with van der Waals surface area (Å²) >= 11 is 1.76.